The zero-order valence-corrected chi connectivity index (χ0v) is 10.4. The molecule has 1 aliphatic rings. The Morgan fingerprint density at radius 1 is 1.25 bits per heavy atom. The van der Waals surface area contributed by atoms with E-state index in [4.69, 9.17) is 0 Å². The molecular formula is C11H12N2OS2. The highest BCUT2D eigenvalue weighted by atomic mass is 32.2. The summed E-state index contributed by atoms with van der Waals surface area (Å²) in [7, 11) is -0.617. The van der Waals surface area contributed by atoms with E-state index < -0.39 is 10.8 Å². The number of hydrogen-bond donors (Lipinski definition) is 0. The number of hydrogen-bond acceptors (Lipinski definition) is 4. The van der Waals surface area contributed by atoms with Gasteiger partial charge in [-0.1, -0.05) is 23.5 Å². The summed E-state index contributed by atoms with van der Waals surface area (Å²) in [5.74, 6) is 1.55. The largest absolute Gasteiger partial charge is 0.346 e. The molecule has 2 heterocycles. The average Bonchev–Trinajstić information content (AvgIpc) is 2.73. The summed E-state index contributed by atoms with van der Waals surface area (Å²) in [4.78, 5) is 6.85. The summed E-state index contributed by atoms with van der Waals surface area (Å²) in [5.41, 5.74) is 1.06. The van der Waals surface area contributed by atoms with Crippen LogP contribution >= 0.6 is 11.3 Å². The quantitative estimate of drug-likeness (QED) is 0.777. The van der Waals surface area contributed by atoms with Gasteiger partial charge in [-0.15, -0.1) is 0 Å². The molecule has 0 amide bonds. The van der Waals surface area contributed by atoms with Crippen LogP contribution in [0.15, 0.2) is 24.3 Å². The highest BCUT2D eigenvalue weighted by molar-refractivity contribution is 7.85. The normalized spacial score (nSPS) is 18.1. The second-order valence-corrected chi connectivity index (χ2v) is 6.50. The van der Waals surface area contributed by atoms with Crippen molar-refractivity contribution >= 4 is 37.5 Å². The Kier molecular flexibility index (Phi) is 2.65. The van der Waals surface area contributed by atoms with E-state index in [0.717, 1.165) is 35.2 Å². The Labute approximate surface area is 101 Å². The van der Waals surface area contributed by atoms with Gasteiger partial charge in [-0.05, 0) is 12.1 Å². The summed E-state index contributed by atoms with van der Waals surface area (Å²) in [6, 6.07) is 8.18. The summed E-state index contributed by atoms with van der Waals surface area (Å²) in [6.45, 7) is 1.73. The van der Waals surface area contributed by atoms with E-state index in [1.54, 1.807) is 11.3 Å². The summed E-state index contributed by atoms with van der Waals surface area (Å²) < 4.78 is 12.5. The molecule has 3 nitrogen and oxygen atoms in total. The van der Waals surface area contributed by atoms with Gasteiger partial charge in [0.05, 0.1) is 10.2 Å². The zero-order chi connectivity index (χ0) is 11.0. The minimum absolute atomic E-state index is 0.617. The SMILES string of the molecule is O=S1CCN(c2nc3ccccc3s2)CC1. The van der Waals surface area contributed by atoms with Gasteiger partial charge < -0.3 is 4.90 Å². The van der Waals surface area contributed by atoms with E-state index in [9.17, 15) is 4.21 Å². The van der Waals surface area contributed by atoms with Gasteiger partial charge in [-0.25, -0.2) is 4.98 Å². The fourth-order valence-electron chi connectivity index (χ4n) is 1.82. The lowest BCUT2D eigenvalue weighted by atomic mass is 10.3. The molecule has 0 atom stereocenters. The maximum Gasteiger partial charge on any atom is 0.186 e. The first-order valence-electron chi connectivity index (χ1n) is 5.28. The molecule has 84 valence electrons. The molecular weight excluding hydrogens is 240 g/mol. The van der Waals surface area contributed by atoms with Crippen LogP contribution in [0, 0.1) is 0 Å². The summed E-state index contributed by atoms with van der Waals surface area (Å²) in [5, 5.41) is 1.07. The monoisotopic (exact) mass is 252 g/mol. The predicted molar refractivity (Wildman–Crippen MR) is 69.7 cm³/mol. The molecule has 0 bridgehead atoms. The van der Waals surface area contributed by atoms with E-state index in [1.165, 1.54) is 4.70 Å². The molecule has 1 aromatic carbocycles. The number of thiazole rings is 1. The smallest absolute Gasteiger partial charge is 0.186 e. The Morgan fingerprint density at radius 2 is 2.00 bits per heavy atom. The highest BCUT2D eigenvalue weighted by Crippen LogP contribution is 2.28. The van der Waals surface area contributed by atoms with Gasteiger partial charge in [0.15, 0.2) is 5.13 Å². The maximum atomic E-state index is 11.3. The van der Waals surface area contributed by atoms with E-state index in [0.29, 0.717) is 0 Å². The molecule has 0 aliphatic carbocycles. The molecule has 1 fully saturated rings. The minimum atomic E-state index is -0.617. The van der Waals surface area contributed by atoms with E-state index in [1.807, 2.05) is 18.2 Å². The van der Waals surface area contributed by atoms with Crippen LogP contribution in [0.1, 0.15) is 0 Å². The van der Waals surface area contributed by atoms with Crippen LogP contribution in [-0.4, -0.2) is 33.8 Å². The topological polar surface area (TPSA) is 33.2 Å². The summed E-state index contributed by atoms with van der Waals surface area (Å²) >= 11 is 1.72. The third-order valence-corrected chi connectivity index (χ3v) is 5.10. The van der Waals surface area contributed by atoms with Gasteiger partial charge in [-0.3, -0.25) is 4.21 Å². The first-order chi connectivity index (χ1) is 7.83. The van der Waals surface area contributed by atoms with Crippen molar-refractivity contribution in [1.29, 1.82) is 0 Å². The van der Waals surface area contributed by atoms with Crippen molar-refractivity contribution in [3.8, 4) is 0 Å². The number of aromatic nitrogens is 1. The fraction of sp³-hybridized carbons (Fsp3) is 0.364. The number of benzene rings is 1. The second kappa shape index (κ2) is 4.14. The Hall–Kier alpha value is -0.940. The van der Waals surface area contributed by atoms with Crippen molar-refractivity contribution < 1.29 is 4.21 Å². The Morgan fingerprint density at radius 3 is 2.75 bits per heavy atom. The lowest BCUT2D eigenvalue weighted by Crippen LogP contribution is -2.37. The van der Waals surface area contributed by atoms with Gasteiger partial charge in [0.2, 0.25) is 0 Å². The Balaban J connectivity index is 1.91. The molecule has 1 saturated heterocycles. The van der Waals surface area contributed by atoms with Crippen molar-refractivity contribution in [3.63, 3.8) is 0 Å². The van der Waals surface area contributed by atoms with Crippen molar-refractivity contribution in [2.75, 3.05) is 29.5 Å². The molecule has 0 unspecified atom stereocenters. The number of anilines is 1. The molecule has 5 heteroatoms. The highest BCUT2D eigenvalue weighted by Gasteiger charge is 2.18. The van der Waals surface area contributed by atoms with Crippen molar-refractivity contribution in [1.82, 2.24) is 4.98 Å². The molecule has 2 aromatic rings. The third kappa shape index (κ3) is 1.85. The number of fused-ring (bicyclic) bond motifs is 1. The molecule has 0 spiro atoms. The third-order valence-electron chi connectivity index (χ3n) is 2.73. The van der Waals surface area contributed by atoms with Gasteiger partial charge in [0, 0.05) is 35.4 Å². The van der Waals surface area contributed by atoms with Crippen LogP contribution in [0.3, 0.4) is 0 Å². The van der Waals surface area contributed by atoms with Gasteiger partial charge in [0.1, 0.15) is 0 Å². The first-order valence-corrected chi connectivity index (χ1v) is 7.59. The van der Waals surface area contributed by atoms with Gasteiger partial charge in [0.25, 0.3) is 0 Å². The molecule has 1 aliphatic heterocycles. The molecule has 16 heavy (non-hydrogen) atoms. The first kappa shape index (κ1) is 10.2. The fourth-order valence-corrected chi connectivity index (χ4v) is 3.89. The molecule has 0 saturated carbocycles. The Bertz CT molecular complexity index is 495. The lowest BCUT2D eigenvalue weighted by Gasteiger charge is -2.25. The van der Waals surface area contributed by atoms with Gasteiger partial charge >= 0.3 is 0 Å². The van der Waals surface area contributed by atoms with Crippen molar-refractivity contribution in [3.05, 3.63) is 24.3 Å². The van der Waals surface area contributed by atoms with Crippen LogP contribution in [0.25, 0.3) is 10.2 Å². The minimum Gasteiger partial charge on any atom is -0.346 e. The van der Waals surface area contributed by atoms with E-state index in [-0.39, 0.29) is 0 Å². The van der Waals surface area contributed by atoms with Crippen LogP contribution in [0.4, 0.5) is 5.13 Å². The van der Waals surface area contributed by atoms with Crippen LogP contribution in [-0.2, 0) is 10.8 Å². The number of para-hydroxylation sites is 1. The number of nitrogens with zero attached hydrogens (tertiary/aromatic N) is 2. The van der Waals surface area contributed by atoms with Gasteiger partial charge in [-0.2, -0.15) is 0 Å². The molecule has 0 N–H and O–H groups in total. The molecule has 3 rings (SSSR count). The van der Waals surface area contributed by atoms with E-state index in [2.05, 4.69) is 16.0 Å². The van der Waals surface area contributed by atoms with Crippen LogP contribution in [0.2, 0.25) is 0 Å². The maximum absolute atomic E-state index is 11.3. The van der Waals surface area contributed by atoms with Crippen LogP contribution < -0.4 is 4.90 Å². The van der Waals surface area contributed by atoms with E-state index >= 15 is 0 Å². The van der Waals surface area contributed by atoms with Crippen molar-refractivity contribution in [2.45, 2.75) is 0 Å². The number of rotatable bonds is 1. The predicted octanol–water partition coefficient (Wildman–Crippen LogP) is 1.86. The standard InChI is InChI=1S/C11H12N2OS2/c14-16-7-5-13(6-8-16)11-12-9-3-1-2-4-10(9)15-11/h1-4H,5-8H2. The van der Waals surface area contributed by atoms with Crippen LogP contribution in [0.5, 0.6) is 0 Å². The average molecular weight is 252 g/mol. The zero-order valence-electron chi connectivity index (χ0n) is 8.76. The lowest BCUT2D eigenvalue weighted by molar-refractivity contribution is 0.673. The summed E-state index contributed by atoms with van der Waals surface area (Å²) in [6.07, 6.45) is 0. The molecule has 1 aromatic heterocycles. The molecule has 0 radical (unpaired) electrons. The second-order valence-electron chi connectivity index (χ2n) is 3.80. The van der Waals surface area contributed by atoms with Crippen molar-refractivity contribution in [2.24, 2.45) is 0 Å².